The van der Waals surface area contributed by atoms with Gasteiger partial charge in [0.2, 0.25) is 0 Å². The van der Waals surface area contributed by atoms with Crippen LogP contribution in [0.3, 0.4) is 0 Å². The number of hydrogen-bond acceptors (Lipinski definition) is 4. The fourth-order valence-corrected chi connectivity index (χ4v) is 4.19. The third kappa shape index (κ3) is 2.66. The maximum absolute atomic E-state index is 12.7. The average Bonchev–Trinajstić information content (AvgIpc) is 2.87. The van der Waals surface area contributed by atoms with Crippen LogP contribution in [0.15, 0.2) is 17.6 Å². The van der Waals surface area contributed by atoms with Crippen LogP contribution in [0.4, 0.5) is 0 Å². The minimum absolute atomic E-state index is 0.0101. The van der Waals surface area contributed by atoms with Crippen LogP contribution in [0.25, 0.3) is 0 Å². The Balaban J connectivity index is 2.37. The molecule has 20 heavy (non-hydrogen) atoms. The van der Waals surface area contributed by atoms with Crippen molar-refractivity contribution in [1.82, 2.24) is 4.90 Å². The maximum atomic E-state index is 12.7. The molecule has 4 nitrogen and oxygen atoms in total. The molecule has 0 aliphatic carbocycles. The molecule has 1 unspecified atom stereocenters. The third-order valence-corrected chi connectivity index (χ3v) is 4.92. The second-order valence-electron chi connectivity index (χ2n) is 5.37. The summed E-state index contributed by atoms with van der Waals surface area (Å²) < 4.78 is 6.03. The van der Waals surface area contributed by atoms with Gasteiger partial charge in [-0.25, -0.2) is 0 Å². The number of thioether (sulfide) groups is 1. The van der Waals surface area contributed by atoms with Crippen molar-refractivity contribution >= 4 is 22.8 Å². The number of carbonyl (C=O) groups is 1. The van der Waals surface area contributed by atoms with Crippen LogP contribution in [0, 0.1) is 5.41 Å². The molecule has 1 fully saturated rings. The lowest BCUT2D eigenvalue weighted by molar-refractivity contribution is -0.155. The van der Waals surface area contributed by atoms with Gasteiger partial charge in [-0.05, 0) is 12.8 Å². The zero-order valence-corrected chi connectivity index (χ0v) is 13.2. The first-order chi connectivity index (χ1) is 9.69. The van der Waals surface area contributed by atoms with Gasteiger partial charge in [0.1, 0.15) is 6.23 Å². The van der Waals surface area contributed by atoms with Gasteiger partial charge in [-0.15, -0.1) is 6.58 Å². The van der Waals surface area contributed by atoms with Crippen LogP contribution < -0.4 is 0 Å². The van der Waals surface area contributed by atoms with E-state index in [9.17, 15) is 4.79 Å². The number of fused-ring (bicyclic) bond motifs is 1. The molecule has 0 bridgehead atoms. The molecule has 1 amide bonds. The Morgan fingerprint density at radius 2 is 2.20 bits per heavy atom. The van der Waals surface area contributed by atoms with Gasteiger partial charge in [0.05, 0.1) is 12.0 Å². The minimum Gasteiger partial charge on any atom is -0.353 e. The molecule has 1 atom stereocenters. The highest BCUT2D eigenvalue weighted by atomic mass is 32.2. The Morgan fingerprint density at radius 3 is 2.80 bits per heavy atom. The summed E-state index contributed by atoms with van der Waals surface area (Å²) in [6.45, 7) is 9.35. The summed E-state index contributed by atoms with van der Waals surface area (Å²) >= 11 is 1.65. The van der Waals surface area contributed by atoms with Crippen LogP contribution in [-0.4, -0.2) is 41.1 Å². The standard InChI is InChI=1S/C15H24N2O2S/c1-4-7-15(8-5-2)12(18)16-14-17(9-11-20-14)13(15)19-10-6-3/h6,13H,3-5,7-11H2,1-2H3. The van der Waals surface area contributed by atoms with E-state index in [0.29, 0.717) is 6.61 Å². The molecular weight excluding hydrogens is 272 g/mol. The van der Waals surface area contributed by atoms with E-state index in [1.54, 1.807) is 17.8 Å². The number of amidine groups is 1. The lowest BCUT2D eigenvalue weighted by atomic mass is 9.75. The first kappa shape index (κ1) is 15.6. The molecule has 0 aromatic heterocycles. The molecule has 2 aliphatic rings. The van der Waals surface area contributed by atoms with Crippen LogP contribution in [0.5, 0.6) is 0 Å². The Kier molecular flexibility index (Phi) is 5.27. The summed E-state index contributed by atoms with van der Waals surface area (Å²) in [6, 6.07) is 0. The summed E-state index contributed by atoms with van der Waals surface area (Å²) in [5, 5.41) is 0.840. The van der Waals surface area contributed by atoms with Gasteiger partial charge in [-0.3, -0.25) is 4.79 Å². The number of nitrogens with zero attached hydrogens (tertiary/aromatic N) is 2. The molecule has 2 aliphatic heterocycles. The highest BCUT2D eigenvalue weighted by molar-refractivity contribution is 8.14. The molecule has 0 aromatic rings. The average molecular weight is 296 g/mol. The zero-order valence-electron chi connectivity index (χ0n) is 12.4. The normalized spacial score (nSPS) is 24.5. The first-order valence-electron chi connectivity index (χ1n) is 7.44. The first-order valence-corrected chi connectivity index (χ1v) is 8.43. The molecule has 2 heterocycles. The Hall–Kier alpha value is -0.810. The molecule has 1 saturated heterocycles. The number of ether oxygens (including phenoxy) is 1. The van der Waals surface area contributed by atoms with Crippen molar-refractivity contribution in [3.05, 3.63) is 12.7 Å². The molecular formula is C15H24N2O2S. The van der Waals surface area contributed by atoms with Crippen molar-refractivity contribution in [3.8, 4) is 0 Å². The molecule has 5 heteroatoms. The van der Waals surface area contributed by atoms with Crippen LogP contribution in [0.2, 0.25) is 0 Å². The maximum Gasteiger partial charge on any atom is 0.258 e. The van der Waals surface area contributed by atoms with Crippen LogP contribution in [-0.2, 0) is 9.53 Å². The van der Waals surface area contributed by atoms with Gasteiger partial charge < -0.3 is 9.64 Å². The number of carbonyl (C=O) groups excluding carboxylic acids is 1. The SMILES string of the molecule is C=CCOC1N2CCSC2=NC(=O)C1(CCC)CCC. The van der Waals surface area contributed by atoms with E-state index < -0.39 is 5.41 Å². The van der Waals surface area contributed by atoms with E-state index in [1.807, 2.05) is 0 Å². The van der Waals surface area contributed by atoms with Crippen molar-refractivity contribution in [2.75, 3.05) is 18.9 Å². The third-order valence-electron chi connectivity index (χ3n) is 3.95. The van der Waals surface area contributed by atoms with Gasteiger partial charge >= 0.3 is 0 Å². The summed E-state index contributed by atoms with van der Waals surface area (Å²) in [7, 11) is 0. The largest absolute Gasteiger partial charge is 0.353 e. The number of hydrogen-bond donors (Lipinski definition) is 0. The highest BCUT2D eigenvalue weighted by Gasteiger charge is 2.52. The quantitative estimate of drug-likeness (QED) is 0.677. The van der Waals surface area contributed by atoms with Gasteiger partial charge in [0.25, 0.3) is 5.91 Å². The molecule has 0 radical (unpaired) electrons. The second kappa shape index (κ2) is 6.76. The van der Waals surface area contributed by atoms with Crippen molar-refractivity contribution in [1.29, 1.82) is 0 Å². The summed E-state index contributed by atoms with van der Waals surface area (Å²) in [6.07, 6.45) is 5.16. The fourth-order valence-electron chi connectivity index (χ4n) is 3.22. The molecule has 0 N–H and O–H groups in total. The lowest BCUT2D eigenvalue weighted by Crippen LogP contribution is -2.57. The van der Waals surface area contributed by atoms with Crippen molar-refractivity contribution in [2.24, 2.45) is 10.4 Å². The van der Waals surface area contributed by atoms with Crippen LogP contribution in [0.1, 0.15) is 39.5 Å². The monoisotopic (exact) mass is 296 g/mol. The van der Waals surface area contributed by atoms with Gasteiger partial charge in [0, 0.05) is 12.3 Å². The van der Waals surface area contributed by atoms with Crippen molar-refractivity contribution in [2.45, 2.75) is 45.8 Å². The topological polar surface area (TPSA) is 41.9 Å². The molecule has 0 saturated carbocycles. The number of rotatable bonds is 7. The van der Waals surface area contributed by atoms with Crippen molar-refractivity contribution < 1.29 is 9.53 Å². The zero-order chi connectivity index (χ0) is 14.6. The van der Waals surface area contributed by atoms with Crippen LogP contribution >= 0.6 is 11.8 Å². The Morgan fingerprint density at radius 1 is 1.50 bits per heavy atom. The molecule has 0 aromatic carbocycles. The van der Waals surface area contributed by atoms with E-state index >= 15 is 0 Å². The van der Waals surface area contributed by atoms with E-state index in [0.717, 1.165) is 43.1 Å². The number of amides is 1. The van der Waals surface area contributed by atoms with E-state index in [2.05, 4.69) is 30.3 Å². The second-order valence-corrected chi connectivity index (χ2v) is 6.43. The van der Waals surface area contributed by atoms with E-state index in [4.69, 9.17) is 4.74 Å². The highest BCUT2D eigenvalue weighted by Crippen LogP contribution is 2.44. The number of aliphatic imine (C=N–C) groups is 1. The van der Waals surface area contributed by atoms with Gasteiger partial charge in [-0.2, -0.15) is 4.99 Å². The predicted molar refractivity (Wildman–Crippen MR) is 83.8 cm³/mol. The van der Waals surface area contributed by atoms with Gasteiger partial charge in [0.15, 0.2) is 5.17 Å². The molecule has 0 spiro atoms. The molecule has 2 rings (SSSR count). The summed E-state index contributed by atoms with van der Waals surface area (Å²) in [5.74, 6) is 0.991. The molecule has 112 valence electrons. The smallest absolute Gasteiger partial charge is 0.258 e. The minimum atomic E-state index is -0.485. The summed E-state index contributed by atoms with van der Waals surface area (Å²) in [5.41, 5.74) is -0.485. The Bertz CT molecular complexity index is 403. The summed E-state index contributed by atoms with van der Waals surface area (Å²) in [4.78, 5) is 19.2. The van der Waals surface area contributed by atoms with E-state index in [-0.39, 0.29) is 12.1 Å². The van der Waals surface area contributed by atoms with Crippen molar-refractivity contribution in [3.63, 3.8) is 0 Å². The van der Waals surface area contributed by atoms with Gasteiger partial charge in [-0.1, -0.05) is 44.5 Å². The fraction of sp³-hybridized carbons (Fsp3) is 0.733. The van der Waals surface area contributed by atoms with E-state index in [1.165, 1.54) is 0 Å². The Labute approximate surface area is 125 Å². The lowest BCUT2D eigenvalue weighted by Gasteiger charge is -2.45. The predicted octanol–water partition coefficient (Wildman–Crippen LogP) is 3.05.